The molecule has 2 fully saturated rings. The standard InChI is InChI=1S/C20H25F6N3O2/c1-14-4-5-15(16(12-14)28-6-2-3-7-28)13-27-8-10-29(11-9-27)18(30)31-17(19(21,22)23)20(24,25)26/h4-5,12,17H,2-3,6-11,13H2,1H3. The highest BCUT2D eigenvalue weighted by molar-refractivity contribution is 5.68. The lowest BCUT2D eigenvalue weighted by Gasteiger charge is -2.36. The summed E-state index contributed by atoms with van der Waals surface area (Å²) in [5.41, 5.74) is 3.40. The van der Waals surface area contributed by atoms with Crippen LogP contribution in [0, 0.1) is 6.92 Å². The number of hydrogen-bond acceptors (Lipinski definition) is 4. The molecule has 0 saturated carbocycles. The predicted molar refractivity (Wildman–Crippen MR) is 102 cm³/mol. The second-order valence-electron chi connectivity index (χ2n) is 7.94. The number of piperazine rings is 1. The number of halogens is 6. The summed E-state index contributed by atoms with van der Waals surface area (Å²) in [5.74, 6) is 0. The zero-order valence-electron chi connectivity index (χ0n) is 17.1. The van der Waals surface area contributed by atoms with Crippen LogP contribution in [-0.4, -0.2) is 73.6 Å². The second-order valence-corrected chi connectivity index (χ2v) is 7.94. The van der Waals surface area contributed by atoms with Crippen molar-refractivity contribution in [1.82, 2.24) is 9.80 Å². The van der Waals surface area contributed by atoms with E-state index >= 15 is 0 Å². The number of aryl methyl sites for hydroxylation is 1. The molecule has 11 heteroatoms. The van der Waals surface area contributed by atoms with Crippen molar-refractivity contribution in [2.24, 2.45) is 0 Å². The van der Waals surface area contributed by atoms with Crippen LogP contribution in [0.5, 0.6) is 0 Å². The van der Waals surface area contributed by atoms with Gasteiger partial charge < -0.3 is 14.5 Å². The molecule has 174 valence electrons. The monoisotopic (exact) mass is 453 g/mol. The Labute approximate surface area is 176 Å². The normalized spacial score (nSPS) is 18.7. The number of ether oxygens (including phenoxy) is 1. The molecule has 0 aliphatic carbocycles. The van der Waals surface area contributed by atoms with E-state index in [1.807, 2.05) is 24.0 Å². The minimum absolute atomic E-state index is 0.00776. The van der Waals surface area contributed by atoms with Crippen molar-refractivity contribution < 1.29 is 35.9 Å². The van der Waals surface area contributed by atoms with Gasteiger partial charge in [0.15, 0.2) is 0 Å². The first-order valence-corrected chi connectivity index (χ1v) is 10.1. The number of carbonyl (C=O) groups excluding carboxylic acids is 1. The van der Waals surface area contributed by atoms with Gasteiger partial charge in [-0.1, -0.05) is 12.1 Å². The molecule has 0 unspecified atom stereocenters. The maximum atomic E-state index is 12.6. The predicted octanol–water partition coefficient (Wildman–Crippen LogP) is 4.34. The van der Waals surface area contributed by atoms with Crippen LogP contribution in [0.15, 0.2) is 18.2 Å². The number of rotatable bonds is 4. The highest BCUT2D eigenvalue weighted by Crippen LogP contribution is 2.36. The molecule has 31 heavy (non-hydrogen) atoms. The Morgan fingerprint density at radius 3 is 2.10 bits per heavy atom. The number of carbonyl (C=O) groups is 1. The third-order valence-corrected chi connectivity index (χ3v) is 5.53. The first-order valence-electron chi connectivity index (χ1n) is 10.1. The molecule has 0 aromatic heterocycles. The van der Waals surface area contributed by atoms with Gasteiger partial charge in [0, 0.05) is 51.5 Å². The van der Waals surface area contributed by atoms with Crippen LogP contribution in [0.2, 0.25) is 0 Å². The van der Waals surface area contributed by atoms with E-state index in [0.717, 1.165) is 47.6 Å². The van der Waals surface area contributed by atoms with Crippen molar-refractivity contribution in [3.05, 3.63) is 29.3 Å². The molecule has 1 aromatic rings. The molecule has 3 rings (SSSR count). The van der Waals surface area contributed by atoms with Gasteiger partial charge in [-0.05, 0) is 37.0 Å². The van der Waals surface area contributed by atoms with Crippen LogP contribution in [0.1, 0.15) is 24.0 Å². The van der Waals surface area contributed by atoms with E-state index < -0.39 is 24.5 Å². The zero-order valence-corrected chi connectivity index (χ0v) is 17.1. The summed E-state index contributed by atoms with van der Waals surface area (Å²) < 4.78 is 79.5. The van der Waals surface area contributed by atoms with Crippen LogP contribution < -0.4 is 4.90 Å². The summed E-state index contributed by atoms with van der Waals surface area (Å²) in [4.78, 5) is 17.1. The smallest absolute Gasteiger partial charge is 0.426 e. The molecule has 1 aromatic carbocycles. The van der Waals surface area contributed by atoms with Crippen molar-refractivity contribution in [3.63, 3.8) is 0 Å². The Hall–Kier alpha value is -2.17. The molecule has 2 aliphatic heterocycles. The average molecular weight is 453 g/mol. The SMILES string of the molecule is Cc1ccc(CN2CCN(C(=O)OC(C(F)(F)F)C(F)(F)F)CC2)c(N2CCCC2)c1. The largest absolute Gasteiger partial charge is 0.434 e. The van der Waals surface area contributed by atoms with Gasteiger partial charge in [0.25, 0.3) is 6.10 Å². The van der Waals surface area contributed by atoms with Crippen LogP contribution in [0.3, 0.4) is 0 Å². The number of benzene rings is 1. The fourth-order valence-electron chi connectivity index (χ4n) is 3.88. The molecule has 0 N–H and O–H groups in total. The average Bonchev–Trinajstić information content (AvgIpc) is 3.20. The Morgan fingerprint density at radius 2 is 1.55 bits per heavy atom. The van der Waals surface area contributed by atoms with E-state index in [1.165, 1.54) is 0 Å². The molecule has 2 saturated heterocycles. The van der Waals surface area contributed by atoms with Gasteiger partial charge in [0.1, 0.15) is 0 Å². The van der Waals surface area contributed by atoms with Gasteiger partial charge in [0.05, 0.1) is 0 Å². The zero-order chi connectivity index (χ0) is 22.8. The summed E-state index contributed by atoms with van der Waals surface area (Å²) in [6, 6.07) is 6.18. The molecule has 1 amide bonds. The lowest BCUT2D eigenvalue weighted by atomic mass is 10.1. The third-order valence-electron chi connectivity index (χ3n) is 5.53. The van der Waals surface area contributed by atoms with Crippen molar-refractivity contribution in [2.75, 3.05) is 44.2 Å². The molecular formula is C20H25F6N3O2. The van der Waals surface area contributed by atoms with E-state index in [1.54, 1.807) is 0 Å². The minimum atomic E-state index is -5.72. The van der Waals surface area contributed by atoms with E-state index in [-0.39, 0.29) is 13.1 Å². The first kappa shape index (κ1) is 23.5. The molecule has 0 atom stereocenters. The van der Waals surface area contributed by atoms with Gasteiger partial charge in [-0.2, -0.15) is 26.3 Å². The van der Waals surface area contributed by atoms with Gasteiger partial charge in [-0.25, -0.2) is 4.79 Å². The van der Waals surface area contributed by atoms with E-state index in [4.69, 9.17) is 0 Å². The molecule has 2 heterocycles. The Bertz CT molecular complexity index is 755. The summed E-state index contributed by atoms with van der Waals surface area (Å²) in [6.07, 6.45) is -14.9. The topological polar surface area (TPSA) is 36.0 Å². The van der Waals surface area contributed by atoms with Crippen LogP contribution in [0.25, 0.3) is 0 Å². The minimum Gasteiger partial charge on any atom is -0.426 e. The van der Waals surface area contributed by atoms with Crippen LogP contribution in [0.4, 0.5) is 36.8 Å². The number of anilines is 1. The van der Waals surface area contributed by atoms with Crippen LogP contribution >= 0.6 is 0 Å². The number of amides is 1. The molecule has 0 radical (unpaired) electrons. The molecule has 0 bridgehead atoms. The summed E-state index contributed by atoms with van der Waals surface area (Å²) in [7, 11) is 0. The first-order chi connectivity index (χ1) is 14.4. The van der Waals surface area contributed by atoms with Gasteiger partial charge in [-0.15, -0.1) is 0 Å². The summed E-state index contributed by atoms with van der Waals surface area (Å²) in [6.45, 7) is 5.20. The van der Waals surface area contributed by atoms with Crippen molar-refractivity contribution in [1.29, 1.82) is 0 Å². The maximum Gasteiger partial charge on any atom is 0.434 e. The van der Waals surface area contributed by atoms with Crippen LogP contribution in [-0.2, 0) is 11.3 Å². The van der Waals surface area contributed by atoms with Gasteiger partial charge >= 0.3 is 18.4 Å². The lowest BCUT2D eigenvalue weighted by molar-refractivity contribution is -0.308. The second kappa shape index (κ2) is 9.13. The lowest BCUT2D eigenvalue weighted by Crippen LogP contribution is -2.52. The van der Waals surface area contributed by atoms with E-state index in [9.17, 15) is 31.1 Å². The van der Waals surface area contributed by atoms with Crippen molar-refractivity contribution >= 4 is 11.8 Å². The van der Waals surface area contributed by atoms with Gasteiger partial charge in [-0.3, -0.25) is 4.90 Å². The molecule has 5 nitrogen and oxygen atoms in total. The van der Waals surface area contributed by atoms with Gasteiger partial charge in [0.2, 0.25) is 0 Å². The molecule has 0 spiro atoms. The van der Waals surface area contributed by atoms with Crippen molar-refractivity contribution in [3.8, 4) is 0 Å². The fourth-order valence-corrected chi connectivity index (χ4v) is 3.88. The highest BCUT2D eigenvalue weighted by Gasteiger charge is 2.60. The summed E-state index contributed by atoms with van der Waals surface area (Å²) in [5, 5.41) is 0. The highest BCUT2D eigenvalue weighted by atomic mass is 19.4. The Balaban J connectivity index is 1.58. The Morgan fingerprint density at radius 1 is 0.968 bits per heavy atom. The quantitative estimate of drug-likeness (QED) is 0.636. The molecule has 2 aliphatic rings. The van der Waals surface area contributed by atoms with Crippen molar-refractivity contribution in [2.45, 2.75) is 44.8 Å². The van der Waals surface area contributed by atoms with E-state index in [2.05, 4.69) is 15.7 Å². The molecular weight excluding hydrogens is 428 g/mol. The fraction of sp³-hybridized carbons (Fsp3) is 0.650. The number of alkyl halides is 6. The van der Waals surface area contributed by atoms with E-state index in [0.29, 0.717) is 19.6 Å². The summed E-state index contributed by atoms with van der Waals surface area (Å²) >= 11 is 0. The number of nitrogens with zero attached hydrogens (tertiary/aromatic N) is 3. The Kier molecular flexibility index (Phi) is 6.92. The number of hydrogen-bond donors (Lipinski definition) is 0. The maximum absolute atomic E-state index is 12.6. The third kappa shape index (κ3) is 5.96.